The van der Waals surface area contributed by atoms with Gasteiger partial charge in [-0.3, -0.25) is 4.79 Å². The van der Waals surface area contributed by atoms with Crippen LogP contribution in [0.2, 0.25) is 0 Å². The highest BCUT2D eigenvalue weighted by molar-refractivity contribution is 5.94. The van der Waals surface area contributed by atoms with E-state index in [9.17, 15) is 4.79 Å². The number of hydrogen-bond donors (Lipinski definition) is 0. The van der Waals surface area contributed by atoms with E-state index in [1.54, 1.807) is 7.11 Å². The van der Waals surface area contributed by atoms with Gasteiger partial charge in [0.25, 0.3) is 5.91 Å². The number of ether oxygens (including phenoxy) is 1. The molecule has 0 radical (unpaired) electrons. The molecule has 0 N–H and O–H groups in total. The first-order chi connectivity index (χ1) is 9.45. The first kappa shape index (κ1) is 16.7. The molecule has 112 valence electrons. The number of benzene rings is 1. The van der Waals surface area contributed by atoms with Crippen molar-refractivity contribution < 1.29 is 9.53 Å². The molecule has 1 aromatic carbocycles. The van der Waals surface area contributed by atoms with Crippen LogP contribution in [-0.2, 0) is 4.74 Å². The molecular formula is C17H27NO2. The molecule has 0 saturated carbocycles. The summed E-state index contributed by atoms with van der Waals surface area (Å²) in [6.45, 7) is 10.5. The molecule has 0 aliphatic rings. The van der Waals surface area contributed by atoms with Gasteiger partial charge in [-0.15, -0.1) is 0 Å². The topological polar surface area (TPSA) is 29.5 Å². The second-order valence-corrected chi connectivity index (χ2v) is 5.91. The molecule has 0 aliphatic carbocycles. The predicted molar refractivity (Wildman–Crippen MR) is 83.1 cm³/mol. The summed E-state index contributed by atoms with van der Waals surface area (Å²) in [4.78, 5) is 14.4. The molecule has 3 nitrogen and oxygen atoms in total. The van der Waals surface area contributed by atoms with E-state index in [0.717, 1.165) is 12.1 Å². The summed E-state index contributed by atoms with van der Waals surface area (Å²) in [5.41, 5.74) is 2.01. The zero-order chi connectivity index (χ0) is 15.1. The van der Waals surface area contributed by atoms with Crippen LogP contribution in [-0.4, -0.2) is 37.6 Å². The molecule has 0 saturated heterocycles. The molecule has 0 spiro atoms. The highest BCUT2D eigenvalue weighted by Gasteiger charge is 2.16. The summed E-state index contributed by atoms with van der Waals surface area (Å²) in [6, 6.07) is 7.94. The van der Waals surface area contributed by atoms with Crippen molar-refractivity contribution in [1.82, 2.24) is 4.90 Å². The van der Waals surface area contributed by atoms with E-state index < -0.39 is 0 Å². The van der Waals surface area contributed by atoms with E-state index in [-0.39, 0.29) is 5.91 Å². The van der Waals surface area contributed by atoms with Gasteiger partial charge in [0.2, 0.25) is 0 Å². The predicted octanol–water partition coefficient (Wildman–Crippen LogP) is 3.55. The molecule has 0 aliphatic heterocycles. The molecule has 1 rings (SSSR count). The lowest BCUT2D eigenvalue weighted by Gasteiger charge is -2.24. The van der Waals surface area contributed by atoms with Gasteiger partial charge in [0.1, 0.15) is 0 Å². The average molecular weight is 277 g/mol. The van der Waals surface area contributed by atoms with Gasteiger partial charge in [0.15, 0.2) is 0 Å². The van der Waals surface area contributed by atoms with E-state index in [2.05, 4.69) is 27.7 Å². The molecule has 0 heterocycles. The Balaban J connectivity index is 2.81. The van der Waals surface area contributed by atoms with Crippen molar-refractivity contribution in [3.63, 3.8) is 0 Å². The zero-order valence-corrected chi connectivity index (χ0v) is 13.3. The first-order valence-electron chi connectivity index (χ1n) is 7.33. The standard InChI is InChI=1S/C17H27NO2/c1-13(2)12-18(10-11-20-5)17(19)16-8-6-15(7-9-16)14(3)4/h6-9,13-14H,10-12H2,1-5H3. The Morgan fingerprint density at radius 1 is 1.15 bits per heavy atom. The summed E-state index contributed by atoms with van der Waals surface area (Å²) in [5.74, 6) is 1.02. The van der Waals surface area contributed by atoms with Gasteiger partial charge in [-0.25, -0.2) is 0 Å². The van der Waals surface area contributed by atoms with E-state index in [1.165, 1.54) is 5.56 Å². The molecule has 0 atom stereocenters. The SMILES string of the molecule is COCCN(CC(C)C)C(=O)c1ccc(C(C)C)cc1. The maximum atomic E-state index is 12.5. The summed E-state index contributed by atoms with van der Waals surface area (Å²) >= 11 is 0. The van der Waals surface area contributed by atoms with Gasteiger partial charge < -0.3 is 9.64 Å². The Hall–Kier alpha value is -1.35. The van der Waals surface area contributed by atoms with Crippen molar-refractivity contribution in [2.45, 2.75) is 33.6 Å². The van der Waals surface area contributed by atoms with Crippen molar-refractivity contribution in [1.29, 1.82) is 0 Å². The molecule has 0 aromatic heterocycles. The number of nitrogens with zero attached hydrogens (tertiary/aromatic N) is 1. The smallest absolute Gasteiger partial charge is 0.253 e. The van der Waals surface area contributed by atoms with Gasteiger partial charge in [-0.1, -0.05) is 39.8 Å². The van der Waals surface area contributed by atoms with Gasteiger partial charge >= 0.3 is 0 Å². The van der Waals surface area contributed by atoms with Gasteiger partial charge in [0, 0.05) is 25.8 Å². The van der Waals surface area contributed by atoms with Crippen molar-refractivity contribution in [2.75, 3.05) is 26.8 Å². The normalized spacial score (nSPS) is 11.2. The van der Waals surface area contributed by atoms with Gasteiger partial charge in [-0.05, 0) is 29.5 Å². The molecule has 3 heteroatoms. The zero-order valence-electron chi connectivity index (χ0n) is 13.3. The van der Waals surface area contributed by atoms with Crippen LogP contribution in [0.25, 0.3) is 0 Å². The van der Waals surface area contributed by atoms with Crippen LogP contribution in [0, 0.1) is 5.92 Å². The Labute approximate surface area is 122 Å². The Morgan fingerprint density at radius 2 is 1.75 bits per heavy atom. The third-order valence-electron chi connectivity index (χ3n) is 3.26. The largest absolute Gasteiger partial charge is 0.383 e. The monoisotopic (exact) mass is 277 g/mol. The van der Waals surface area contributed by atoms with Crippen LogP contribution >= 0.6 is 0 Å². The minimum absolute atomic E-state index is 0.0889. The maximum absolute atomic E-state index is 12.5. The van der Waals surface area contributed by atoms with Crippen LogP contribution in [0.4, 0.5) is 0 Å². The number of carbonyl (C=O) groups excluding carboxylic acids is 1. The van der Waals surface area contributed by atoms with E-state index in [1.807, 2.05) is 29.2 Å². The highest BCUT2D eigenvalue weighted by Crippen LogP contribution is 2.16. The highest BCUT2D eigenvalue weighted by atomic mass is 16.5. The first-order valence-corrected chi connectivity index (χ1v) is 7.33. The fourth-order valence-electron chi connectivity index (χ4n) is 2.11. The number of carbonyl (C=O) groups is 1. The van der Waals surface area contributed by atoms with Crippen LogP contribution in [0.3, 0.4) is 0 Å². The van der Waals surface area contributed by atoms with E-state index in [4.69, 9.17) is 4.74 Å². The maximum Gasteiger partial charge on any atom is 0.253 e. The number of methoxy groups -OCH3 is 1. The lowest BCUT2D eigenvalue weighted by molar-refractivity contribution is 0.0672. The Bertz CT molecular complexity index is 410. The van der Waals surface area contributed by atoms with Crippen LogP contribution < -0.4 is 0 Å². The number of rotatable bonds is 7. The van der Waals surface area contributed by atoms with Gasteiger partial charge in [0.05, 0.1) is 6.61 Å². The summed E-state index contributed by atoms with van der Waals surface area (Å²) in [6.07, 6.45) is 0. The minimum Gasteiger partial charge on any atom is -0.383 e. The summed E-state index contributed by atoms with van der Waals surface area (Å²) in [7, 11) is 1.66. The second-order valence-electron chi connectivity index (χ2n) is 5.91. The third-order valence-corrected chi connectivity index (χ3v) is 3.26. The molecule has 0 fully saturated rings. The molecule has 20 heavy (non-hydrogen) atoms. The average Bonchev–Trinajstić information content (AvgIpc) is 2.42. The molecule has 0 bridgehead atoms. The van der Waals surface area contributed by atoms with Crippen LogP contribution in [0.1, 0.15) is 49.5 Å². The minimum atomic E-state index is 0.0889. The third kappa shape index (κ3) is 4.97. The van der Waals surface area contributed by atoms with Crippen molar-refractivity contribution in [2.24, 2.45) is 5.92 Å². The molecule has 0 unspecified atom stereocenters. The molecule has 1 amide bonds. The lowest BCUT2D eigenvalue weighted by atomic mass is 10.0. The quantitative estimate of drug-likeness (QED) is 0.762. The Kier molecular flexibility index (Phi) is 6.73. The number of amides is 1. The fraction of sp³-hybridized carbons (Fsp3) is 0.588. The van der Waals surface area contributed by atoms with Crippen LogP contribution in [0.15, 0.2) is 24.3 Å². The van der Waals surface area contributed by atoms with Crippen molar-refractivity contribution in [3.8, 4) is 0 Å². The van der Waals surface area contributed by atoms with E-state index >= 15 is 0 Å². The van der Waals surface area contributed by atoms with Crippen molar-refractivity contribution >= 4 is 5.91 Å². The second kappa shape index (κ2) is 8.05. The van der Waals surface area contributed by atoms with Crippen LogP contribution in [0.5, 0.6) is 0 Å². The van der Waals surface area contributed by atoms with Gasteiger partial charge in [-0.2, -0.15) is 0 Å². The molecule has 1 aromatic rings. The lowest BCUT2D eigenvalue weighted by Crippen LogP contribution is -2.36. The fourth-order valence-corrected chi connectivity index (χ4v) is 2.11. The van der Waals surface area contributed by atoms with Crippen molar-refractivity contribution in [3.05, 3.63) is 35.4 Å². The number of hydrogen-bond acceptors (Lipinski definition) is 2. The summed E-state index contributed by atoms with van der Waals surface area (Å²) in [5, 5.41) is 0. The summed E-state index contributed by atoms with van der Waals surface area (Å²) < 4.78 is 5.10. The Morgan fingerprint density at radius 3 is 2.20 bits per heavy atom. The van der Waals surface area contributed by atoms with E-state index in [0.29, 0.717) is 25.0 Å². The molecular weight excluding hydrogens is 250 g/mol.